The summed E-state index contributed by atoms with van der Waals surface area (Å²) in [6, 6.07) is 8.61. The topological polar surface area (TPSA) is 44.6 Å². The Labute approximate surface area is 187 Å². The van der Waals surface area contributed by atoms with Gasteiger partial charge in [-0.25, -0.2) is 4.98 Å². The minimum absolute atomic E-state index is 0.138. The molecule has 0 spiro atoms. The number of aryl methyl sites for hydroxylation is 1. The number of fused-ring (bicyclic) bond motifs is 3. The maximum absolute atomic E-state index is 13.3. The van der Waals surface area contributed by atoms with Crippen molar-refractivity contribution in [2.45, 2.75) is 33.4 Å². The summed E-state index contributed by atoms with van der Waals surface area (Å²) in [5.41, 5.74) is 4.05. The minimum atomic E-state index is 0.138. The van der Waals surface area contributed by atoms with Gasteiger partial charge in [0.2, 0.25) is 0 Å². The van der Waals surface area contributed by atoms with Crippen LogP contribution in [0.3, 0.4) is 0 Å². The van der Waals surface area contributed by atoms with Crippen molar-refractivity contribution in [2.75, 3.05) is 50.7 Å². The molecule has 0 saturated carbocycles. The molecule has 0 unspecified atom stereocenters. The molecule has 6 nitrogen and oxygen atoms in total. The fourth-order valence-corrected chi connectivity index (χ4v) is 6.00. The highest BCUT2D eigenvalue weighted by molar-refractivity contribution is 7.18. The Morgan fingerprint density at radius 1 is 1.03 bits per heavy atom. The summed E-state index contributed by atoms with van der Waals surface area (Å²) in [7, 11) is 0. The molecule has 3 aromatic rings. The lowest BCUT2D eigenvalue weighted by molar-refractivity contribution is 0.247. The van der Waals surface area contributed by atoms with Gasteiger partial charge in [0.15, 0.2) is 0 Å². The van der Waals surface area contributed by atoms with Gasteiger partial charge in [-0.3, -0.25) is 19.2 Å². The second-order valence-corrected chi connectivity index (χ2v) is 9.74. The van der Waals surface area contributed by atoms with Crippen LogP contribution in [0.2, 0.25) is 0 Å². The van der Waals surface area contributed by atoms with E-state index < -0.39 is 0 Å². The summed E-state index contributed by atoms with van der Waals surface area (Å²) >= 11 is 1.71. The number of anilines is 1. The van der Waals surface area contributed by atoms with Crippen LogP contribution < -0.4 is 10.5 Å². The fourth-order valence-electron chi connectivity index (χ4n) is 4.87. The van der Waals surface area contributed by atoms with E-state index in [1.54, 1.807) is 17.7 Å². The van der Waals surface area contributed by atoms with Gasteiger partial charge in [0.25, 0.3) is 5.56 Å². The molecule has 0 radical (unpaired) electrons. The predicted molar refractivity (Wildman–Crippen MR) is 128 cm³/mol. The van der Waals surface area contributed by atoms with Crippen molar-refractivity contribution in [1.82, 2.24) is 19.4 Å². The third-order valence-corrected chi connectivity index (χ3v) is 8.03. The number of piperazine rings is 1. The van der Waals surface area contributed by atoms with Crippen LogP contribution in [0.4, 0.5) is 5.69 Å². The Hall–Kier alpha value is -2.22. The minimum Gasteiger partial charge on any atom is -0.369 e. The number of benzene rings is 1. The molecule has 7 heteroatoms. The molecular weight excluding hydrogens is 406 g/mol. The molecule has 0 N–H and O–H groups in total. The van der Waals surface area contributed by atoms with Crippen LogP contribution >= 0.6 is 11.3 Å². The van der Waals surface area contributed by atoms with E-state index >= 15 is 0 Å². The second kappa shape index (κ2) is 8.73. The molecule has 31 heavy (non-hydrogen) atoms. The molecule has 1 aromatic carbocycles. The van der Waals surface area contributed by atoms with Crippen LogP contribution in [0.25, 0.3) is 10.2 Å². The van der Waals surface area contributed by atoms with E-state index in [9.17, 15) is 4.79 Å². The molecule has 2 aliphatic rings. The van der Waals surface area contributed by atoms with E-state index in [1.807, 2.05) is 4.57 Å². The SMILES string of the molecule is CCN1CCc2sc3ncn(CCN4CCN(c5ccccc5C)CC4)c(=O)c3c2C1. The van der Waals surface area contributed by atoms with Crippen molar-refractivity contribution >= 4 is 27.2 Å². The molecule has 2 aromatic heterocycles. The first kappa shape index (κ1) is 20.7. The van der Waals surface area contributed by atoms with Crippen LogP contribution in [0.5, 0.6) is 0 Å². The first-order valence-electron chi connectivity index (χ1n) is 11.4. The normalized spacial score (nSPS) is 17.9. The van der Waals surface area contributed by atoms with Gasteiger partial charge < -0.3 is 4.90 Å². The van der Waals surface area contributed by atoms with Gasteiger partial charge in [-0.2, -0.15) is 0 Å². The Kier molecular flexibility index (Phi) is 5.82. The summed E-state index contributed by atoms with van der Waals surface area (Å²) in [6.45, 7) is 13.1. The standard InChI is InChI=1S/C24H31N5OS/c1-3-26-9-8-21-19(16-26)22-23(31-21)25-17-29(24(22)30)15-12-27-10-13-28(14-11-27)20-7-5-4-6-18(20)2/h4-7,17H,3,8-16H2,1-2H3. The monoisotopic (exact) mass is 437 g/mol. The lowest BCUT2D eigenvalue weighted by Gasteiger charge is -2.36. The van der Waals surface area contributed by atoms with Crippen molar-refractivity contribution in [3.05, 3.63) is 57.0 Å². The van der Waals surface area contributed by atoms with E-state index in [-0.39, 0.29) is 5.56 Å². The number of likely N-dealkylation sites (N-methyl/N-ethyl adjacent to an activating group) is 1. The Morgan fingerprint density at radius 2 is 1.84 bits per heavy atom. The van der Waals surface area contributed by atoms with Crippen molar-refractivity contribution < 1.29 is 0 Å². The first-order valence-corrected chi connectivity index (χ1v) is 12.2. The number of hydrogen-bond donors (Lipinski definition) is 0. The quantitative estimate of drug-likeness (QED) is 0.614. The maximum atomic E-state index is 13.3. The number of hydrogen-bond acceptors (Lipinski definition) is 6. The van der Waals surface area contributed by atoms with E-state index in [2.05, 4.69) is 57.8 Å². The summed E-state index contributed by atoms with van der Waals surface area (Å²) < 4.78 is 1.83. The van der Waals surface area contributed by atoms with Crippen LogP contribution in [0.15, 0.2) is 35.4 Å². The number of aromatic nitrogens is 2. The third-order valence-electron chi connectivity index (χ3n) is 6.83. The number of nitrogens with zero attached hydrogens (tertiary/aromatic N) is 5. The smallest absolute Gasteiger partial charge is 0.262 e. The molecule has 164 valence electrons. The first-order chi connectivity index (χ1) is 15.1. The summed E-state index contributed by atoms with van der Waals surface area (Å²) in [4.78, 5) is 27.6. The maximum Gasteiger partial charge on any atom is 0.262 e. The molecule has 0 aliphatic carbocycles. The molecule has 5 rings (SSSR count). The number of thiophene rings is 1. The largest absolute Gasteiger partial charge is 0.369 e. The van der Waals surface area contributed by atoms with Gasteiger partial charge in [0.1, 0.15) is 4.83 Å². The van der Waals surface area contributed by atoms with Crippen molar-refractivity contribution in [2.24, 2.45) is 0 Å². The van der Waals surface area contributed by atoms with Crippen molar-refractivity contribution in [3.8, 4) is 0 Å². The van der Waals surface area contributed by atoms with Gasteiger partial charge in [-0.05, 0) is 37.1 Å². The number of para-hydroxylation sites is 1. The van der Waals surface area contributed by atoms with E-state index in [0.29, 0.717) is 6.54 Å². The molecule has 1 fully saturated rings. The van der Waals surface area contributed by atoms with Crippen LogP contribution in [-0.2, 0) is 19.5 Å². The highest BCUT2D eigenvalue weighted by atomic mass is 32.1. The van der Waals surface area contributed by atoms with Crippen LogP contribution in [0, 0.1) is 6.92 Å². The lowest BCUT2D eigenvalue weighted by Crippen LogP contribution is -2.47. The van der Waals surface area contributed by atoms with Gasteiger partial charge in [0, 0.05) is 62.9 Å². The zero-order chi connectivity index (χ0) is 21.4. The van der Waals surface area contributed by atoms with E-state index in [4.69, 9.17) is 0 Å². The molecule has 4 heterocycles. The molecule has 2 aliphatic heterocycles. The third kappa shape index (κ3) is 4.02. The van der Waals surface area contributed by atoms with Crippen LogP contribution in [0.1, 0.15) is 22.9 Å². The van der Waals surface area contributed by atoms with Gasteiger partial charge >= 0.3 is 0 Å². The summed E-state index contributed by atoms with van der Waals surface area (Å²) in [6.07, 6.45) is 2.79. The molecular formula is C24H31N5OS. The zero-order valence-corrected chi connectivity index (χ0v) is 19.3. The summed E-state index contributed by atoms with van der Waals surface area (Å²) in [5.74, 6) is 0. The average Bonchev–Trinajstić information content (AvgIpc) is 3.18. The highest BCUT2D eigenvalue weighted by Crippen LogP contribution is 2.32. The molecule has 0 bridgehead atoms. The Morgan fingerprint density at radius 3 is 2.61 bits per heavy atom. The van der Waals surface area contributed by atoms with E-state index in [0.717, 1.165) is 69.0 Å². The summed E-state index contributed by atoms with van der Waals surface area (Å²) in [5, 5.41) is 0.866. The Balaban J connectivity index is 1.26. The van der Waals surface area contributed by atoms with Gasteiger partial charge in [0.05, 0.1) is 11.7 Å². The second-order valence-electron chi connectivity index (χ2n) is 8.66. The van der Waals surface area contributed by atoms with Gasteiger partial charge in [-0.1, -0.05) is 25.1 Å². The highest BCUT2D eigenvalue weighted by Gasteiger charge is 2.23. The molecule has 1 saturated heterocycles. The van der Waals surface area contributed by atoms with Gasteiger partial charge in [-0.15, -0.1) is 11.3 Å². The van der Waals surface area contributed by atoms with E-state index in [1.165, 1.54) is 21.7 Å². The van der Waals surface area contributed by atoms with Crippen molar-refractivity contribution in [3.63, 3.8) is 0 Å². The average molecular weight is 438 g/mol. The fraction of sp³-hybridized carbons (Fsp3) is 0.500. The predicted octanol–water partition coefficient (Wildman–Crippen LogP) is 2.97. The Bertz CT molecular complexity index is 1130. The molecule has 0 amide bonds. The lowest BCUT2D eigenvalue weighted by atomic mass is 10.1. The zero-order valence-electron chi connectivity index (χ0n) is 18.5. The molecule has 0 atom stereocenters. The van der Waals surface area contributed by atoms with Crippen LogP contribution in [-0.4, -0.2) is 65.2 Å². The number of rotatable bonds is 5. The van der Waals surface area contributed by atoms with Crippen molar-refractivity contribution in [1.29, 1.82) is 0 Å².